The van der Waals surface area contributed by atoms with Gasteiger partial charge < -0.3 is 35.1 Å². The van der Waals surface area contributed by atoms with E-state index in [0.717, 1.165) is 45.7 Å². The van der Waals surface area contributed by atoms with Crippen molar-refractivity contribution in [2.24, 2.45) is 0 Å². The van der Waals surface area contributed by atoms with Crippen LogP contribution in [0.5, 0.6) is 5.75 Å². The summed E-state index contributed by atoms with van der Waals surface area (Å²) in [4.78, 5) is 53.3. The second-order valence-corrected chi connectivity index (χ2v) is 22.1. The van der Waals surface area contributed by atoms with Gasteiger partial charge >= 0.3 is 0 Å². The van der Waals surface area contributed by atoms with E-state index in [-0.39, 0.29) is 30.0 Å². The number of likely N-dealkylation sites (tertiary alicyclic amines) is 1. The number of piperazine rings is 1. The molecule has 16 nitrogen and oxygen atoms in total. The largest absolute Gasteiger partial charge is 0.494 e. The number of aromatic nitrogens is 4. The van der Waals surface area contributed by atoms with Crippen LogP contribution in [0.15, 0.2) is 89.8 Å². The van der Waals surface area contributed by atoms with Crippen LogP contribution >= 0.6 is 23.1 Å². The lowest BCUT2D eigenvalue weighted by atomic mass is 9.89. The van der Waals surface area contributed by atoms with Gasteiger partial charge in [0.05, 0.1) is 35.7 Å². The Hall–Kier alpha value is -6.36. The first-order chi connectivity index (χ1) is 33.2. The van der Waals surface area contributed by atoms with Gasteiger partial charge in [-0.25, -0.2) is 9.37 Å². The molecule has 6 aromatic rings. The maximum absolute atomic E-state index is 15.4. The number of aryl methyl sites for hydroxylation is 1. The average Bonchev–Trinajstić information content (AvgIpc) is 3.83. The monoisotopic (exact) mass is 1020 g/mol. The minimum atomic E-state index is -2.73. The maximum Gasteiger partial charge on any atom is 0.249 e. The Morgan fingerprint density at radius 3 is 2.43 bits per heavy atom. The second-order valence-electron chi connectivity index (χ2n) is 18.1. The van der Waals surface area contributed by atoms with Crippen molar-refractivity contribution < 1.29 is 28.1 Å². The molecule has 4 aromatic carbocycles. The van der Waals surface area contributed by atoms with Crippen LogP contribution in [-0.2, 0) is 25.5 Å². The van der Waals surface area contributed by atoms with Gasteiger partial charge in [-0.15, -0.1) is 0 Å². The highest BCUT2D eigenvalue weighted by Crippen LogP contribution is 2.43. The van der Waals surface area contributed by atoms with Crippen LogP contribution in [-0.4, -0.2) is 120 Å². The molecule has 0 bridgehead atoms. The summed E-state index contributed by atoms with van der Waals surface area (Å²) in [5.41, 5.74) is 5.27. The first-order valence-electron chi connectivity index (χ1n) is 23.3. The van der Waals surface area contributed by atoms with Gasteiger partial charge in [-0.05, 0) is 115 Å². The number of piperidine rings is 2. The number of benzene rings is 4. The fraction of sp³-hybridized carbons (Fsp3) is 0.360. The van der Waals surface area contributed by atoms with Crippen molar-refractivity contribution in [1.82, 2.24) is 34.9 Å². The van der Waals surface area contributed by atoms with Gasteiger partial charge in [0.1, 0.15) is 30.6 Å². The molecule has 5 heterocycles. The third-order valence-electron chi connectivity index (χ3n) is 13.2. The first-order valence-corrected chi connectivity index (χ1v) is 26.7. The molecule has 1 atom stereocenters. The Morgan fingerprint density at radius 1 is 0.942 bits per heavy atom. The summed E-state index contributed by atoms with van der Waals surface area (Å²) in [6.45, 7) is 10.3. The number of carbonyl (C=O) groups excluding carboxylic acids is 3. The summed E-state index contributed by atoms with van der Waals surface area (Å²) in [7, 11) is -1.10. The summed E-state index contributed by atoms with van der Waals surface area (Å²) >= 11 is 3.62. The Bertz CT molecular complexity index is 2970. The molecule has 0 aliphatic carbocycles. The van der Waals surface area contributed by atoms with E-state index in [1.54, 1.807) is 38.8 Å². The Labute approximate surface area is 408 Å². The van der Waals surface area contributed by atoms with Gasteiger partial charge in [-0.1, -0.05) is 36.4 Å². The number of fused-ring (bicyclic) bond motifs is 1. The number of nitrogens with one attached hydrogen (secondary N) is 4. The van der Waals surface area contributed by atoms with E-state index in [1.165, 1.54) is 6.07 Å². The second kappa shape index (κ2) is 20.3. The minimum absolute atomic E-state index is 0.0207. The molecule has 0 spiro atoms. The zero-order valence-corrected chi connectivity index (χ0v) is 41.6. The highest BCUT2D eigenvalue weighted by atomic mass is 79.9. The standard InChI is InChI=1S/C50H56BrFN11O5P/c1-5-63-29-33(27-54-63)37-25-42(57-50-53-28-38(51)48(59-50)56-40-13-10-31-8-6-7-9-36(31)47(40)69(3,4)67)44(68-2)26-43(37)61-20-22-62(23-21-61)46(65)30-60-18-16-32(17-19-60)35-12-11-34(24-39(35)52)55-41-14-15-45(64)58-49(41)66/h6-13,24-29,32,41,55H,5,14-23,30H2,1-4H3,(H,58,64,66)(H2,53,56,57,59). The lowest BCUT2D eigenvalue weighted by Gasteiger charge is -2.39. The zero-order chi connectivity index (χ0) is 48.4. The lowest BCUT2D eigenvalue weighted by molar-refractivity contribution is -0.134. The fourth-order valence-corrected chi connectivity index (χ4v) is 11.4. The van der Waals surface area contributed by atoms with Crippen LogP contribution in [0.3, 0.4) is 0 Å². The third-order valence-corrected chi connectivity index (χ3v) is 15.3. The first kappa shape index (κ1) is 47.7. The number of methoxy groups -OCH3 is 1. The number of carbonyl (C=O) groups is 3. The Kier molecular flexibility index (Phi) is 14.0. The molecule has 0 saturated carbocycles. The van der Waals surface area contributed by atoms with Crippen molar-refractivity contribution in [2.45, 2.75) is 51.1 Å². The topological polar surface area (TPSA) is 179 Å². The molecule has 3 aliphatic heterocycles. The van der Waals surface area contributed by atoms with E-state index in [9.17, 15) is 18.9 Å². The summed E-state index contributed by atoms with van der Waals surface area (Å²) in [6, 6.07) is 20.3. The minimum Gasteiger partial charge on any atom is -0.494 e. The molecule has 69 heavy (non-hydrogen) atoms. The molecular weight excluding hydrogens is 964 g/mol. The molecule has 360 valence electrons. The average molecular weight is 1020 g/mol. The molecule has 2 aromatic heterocycles. The van der Waals surface area contributed by atoms with Gasteiger partial charge in [-0.2, -0.15) is 10.1 Å². The van der Waals surface area contributed by atoms with Crippen LogP contribution in [0.1, 0.15) is 44.1 Å². The predicted molar refractivity (Wildman–Crippen MR) is 273 cm³/mol. The van der Waals surface area contributed by atoms with Crippen molar-refractivity contribution in [3.8, 4) is 16.9 Å². The lowest BCUT2D eigenvalue weighted by Crippen LogP contribution is -2.52. The summed E-state index contributed by atoms with van der Waals surface area (Å²) < 4.78 is 37.6. The quantitative estimate of drug-likeness (QED) is 0.0612. The van der Waals surface area contributed by atoms with Crippen molar-refractivity contribution in [3.63, 3.8) is 0 Å². The molecule has 3 aliphatic rings. The molecule has 4 N–H and O–H groups in total. The van der Waals surface area contributed by atoms with E-state index < -0.39 is 19.1 Å². The number of halogens is 2. The molecule has 3 amide bonds. The number of hydrogen-bond donors (Lipinski definition) is 4. The number of anilines is 6. The number of hydrogen-bond acceptors (Lipinski definition) is 13. The van der Waals surface area contributed by atoms with Crippen molar-refractivity contribution in [3.05, 3.63) is 101 Å². The SMILES string of the molecule is CCn1cc(-c2cc(Nc3ncc(Br)c(Nc4ccc5ccccc5c4P(C)(C)=O)n3)c(OC)cc2N2CCN(C(=O)CN3CCC(c4ccc(NC5CCC(=O)NC5=O)cc4F)CC3)CC2)cn1. The van der Waals surface area contributed by atoms with Gasteiger partial charge in [0.2, 0.25) is 23.7 Å². The van der Waals surface area contributed by atoms with Crippen molar-refractivity contribution >= 4 is 91.4 Å². The van der Waals surface area contributed by atoms with Crippen LogP contribution in [0.25, 0.3) is 21.9 Å². The zero-order valence-electron chi connectivity index (χ0n) is 39.1. The third kappa shape index (κ3) is 10.6. The number of amides is 3. The molecular formula is C50H56BrFN11O5P. The number of imide groups is 1. The van der Waals surface area contributed by atoms with E-state index in [4.69, 9.17) is 9.72 Å². The Morgan fingerprint density at radius 2 is 1.72 bits per heavy atom. The maximum atomic E-state index is 15.4. The smallest absolute Gasteiger partial charge is 0.249 e. The summed E-state index contributed by atoms with van der Waals surface area (Å²) in [6.07, 6.45) is 7.59. The summed E-state index contributed by atoms with van der Waals surface area (Å²) in [5.74, 6) is 0.462. The molecule has 9 rings (SSSR count). The van der Waals surface area contributed by atoms with Crippen LogP contribution in [0.4, 0.5) is 38.9 Å². The van der Waals surface area contributed by atoms with Gasteiger partial charge in [0.15, 0.2) is 0 Å². The number of ether oxygens (including phenoxy) is 1. The molecule has 3 fully saturated rings. The molecule has 1 unspecified atom stereocenters. The van der Waals surface area contributed by atoms with E-state index >= 15 is 4.39 Å². The van der Waals surface area contributed by atoms with Crippen LogP contribution < -0.4 is 36.2 Å². The van der Waals surface area contributed by atoms with Crippen molar-refractivity contribution in [1.29, 1.82) is 0 Å². The van der Waals surface area contributed by atoms with Crippen LogP contribution in [0.2, 0.25) is 0 Å². The Balaban J connectivity index is 0.857. The highest BCUT2D eigenvalue weighted by Gasteiger charge is 2.30. The molecule has 0 radical (unpaired) electrons. The molecule has 19 heteroatoms. The van der Waals surface area contributed by atoms with E-state index in [1.807, 2.05) is 77.4 Å². The van der Waals surface area contributed by atoms with E-state index in [0.29, 0.717) is 103 Å². The fourth-order valence-electron chi connectivity index (χ4n) is 9.57. The normalized spacial score (nSPS) is 17.2. The molecule has 3 saturated heterocycles. The van der Waals surface area contributed by atoms with Crippen LogP contribution in [0, 0.1) is 5.82 Å². The number of nitrogens with zero attached hydrogens (tertiary/aromatic N) is 7. The predicted octanol–water partition coefficient (Wildman–Crippen LogP) is 7.90. The highest BCUT2D eigenvalue weighted by molar-refractivity contribution is 9.10. The van der Waals surface area contributed by atoms with Gasteiger partial charge in [0, 0.05) is 85.4 Å². The van der Waals surface area contributed by atoms with E-state index in [2.05, 4.69) is 57.1 Å². The van der Waals surface area contributed by atoms with Crippen molar-refractivity contribution in [2.75, 3.05) is 87.1 Å². The number of rotatable bonds is 14. The van der Waals surface area contributed by atoms with Gasteiger partial charge in [0.25, 0.3) is 0 Å². The van der Waals surface area contributed by atoms with Gasteiger partial charge in [-0.3, -0.25) is 29.3 Å². The summed E-state index contributed by atoms with van der Waals surface area (Å²) in [5, 5.41) is 19.5.